The fraction of sp³-hybridized carbons (Fsp3) is 0.364. The maximum Gasteiger partial charge on any atom is 0.339 e. The van der Waals surface area contributed by atoms with Crippen LogP contribution in [0, 0.1) is 0 Å². The number of carbonyl (C=O) groups excluding carboxylic acids is 3. The summed E-state index contributed by atoms with van der Waals surface area (Å²) in [6.07, 6.45) is 8.63. The minimum atomic E-state index is -4.44. The van der Waals surface area contributed by atoms with Gasteiger partial charge in [-0.05, 0) is 54.7 Å². The van der Waals surface area contributed by atoms with E-state index in [1.54, 1.807) is 29.6 Å². The van der Waals surface area contributed by atoms with Crippen LogP contribution in [0.3, 0.4) is 0 Å². The predicted octanol–water partition coefficient (Wildman–Crippen LogP) is 4.71. The summed E-state index contributed by atoms with van der Waals surface area (Å²) in [5, 5.41) is 0.906. The van der Waals surface area contributed by atoms with Gasteiger partial charge in [0.1, 0.15) is 11.4 Å². The summed E-state index contributed by atoms with van der Waals surface area (Å²) >= 11 is 0. The van der Waals surface area contributed by atoms with Crippen molar-refractivity contribution in [3.05, 3.63) is 77.7 Å². The molecule has 2 aromatic carbocycles. The van der Waals surface area contributed by atoms with Crippen molar-refractivity contribution in [1.29, 1.82) is 0 Å². The highest BCUT2D eigenvalue weighted by Gasteiger charge is 2.30. The molecule has 0 bridgehead atoms. The number of rotatable bonds is 8. The van der Waals surface area contributed by atoms with Crippen molar-refractivity contribution < 1.29 is 36.7 Å². The second-order valence-corrected chi connectivity index (χ2v) is 13.0. The monoisotopic (exact) mass is 633 g/mol. The Morgan fingerprint density at radius 1 is 1.00 bits per heavy atom. The van der Waals surface area contributed by atoms with Crippen LogP contribution in [0.25, 0.3) is 22.2 Å². The lowest BCUT2D eigenvalue weighted by Crippen LogP contribution is -2.42. The zero-order chi connectivity index (χ0) is 31.6. The number of nitrogens with one attached hydrogen (secondary N) is 1. The van der Waals surface area contributed by atoms with E-state index in [0.29, 0.717) is 31.8 Å². The molecule has 0 atom stereocenters. The van der Waals surface area contributed by atoms with Crippen molar-refractivity contribution >= 4 is 38.7 Å². The van der Waals surface area contributed by atoms with Crippen molar-refractivity contribution in [2.24, 2.45) is 0 Å². The summed E-state index contributed by atoms with van der Waals surface area (Å²) in [6, 6.07) is 12.5. The Morgan fingerprint density at radius 3 is 2.47 bits per heavy atom. The third-order valence-electron chi connectivity index (χ3n) is 8.64. The van der Waals surface area contributed by atoms with E-state index < -0.39 is 21.9 Å². The van der Waals surface area contributed by atoms with Crippen LogP contribution in [0.4, 0.5) is 0 Å². The molecule has 2 aliphatic rings. The van der Waals surface area contributed by atoms with E-state index in [-0.39, 0.29) is 34.4 Å². The Hall–Kier alpha value is -4.42. The van der Waals surface area contributed by atoms with Gasteiger partial charge < -0.3 is 23.4 Å². The fourth-order valence-electron chi connectivity index (χ4n) is 6.46. The van der Waals surface area contributed by atoms with Crippen molar-refractivity contribution in [2.45, 2.75) is 49.5 Å². The number of sulfonamides is 1. The van der Waals surface area contributed by atoms with Gasteiger partial charge in [-0.2, -0.15) is 0 Å². The van der Waals surface area contributed by atoms with Gasteiger partial charge in [0.2, 0.25) is 5.91 Å². The van der Waals surface area contributed by atoms with E-state index in [1.807, 2.05) is 16.7 Å². The standard InChI is InChI=1S/C33H35N3O8S/c1-42-33(39)26-9-5-6-10-28(26)45(40,41)34-32(38)23-11-12-25-27(19-23)36(20-29(37)35-14-17-43-18-15-35)31(24-13-16-44-21-24)30(25)22-7-3-2-4-8-22/h5-6,9-13,16,19,21-22H,2-4,7-8,14-15,17-18,20H2,1H3,(H,34,38). The van der Waals surface area contributed by atoms with Gasteiger partial charge in [-0.3, -0.25) is 9.59 Å². The molecule has 0 unspecified atom stereocenters. The minimum Gasteiger partial charge on any atom is -0.472 e. The molecule has 1 saturated carbocycles. The van der Waals surface area contributed by atoms with Crippen molar-refractivity contribution in [3.63, 3.8) is 0 Å². The zero-order valence-corrected chi connectivity index (χ0v) is 25.8. The van der Waals surface area contributed by atoms with Crippen LogP contribution in [0.1, 0.15) is 64.3 Å². The second-order valence-electron chi connectivity index (χ2n) is 11.3. The van der Waals surface area contributed by atoms with E-state index >= 15 is 0 Å². The normalized spacial score (nSPS) is 16.1. The summed E-state index contributed by atoms with van der Waals surface area (Å²) in [4.78, 5) is 40.8. The van der Waals surface area contributed by atoms with Crippen LogP contribution < -0.4 is 4.72 Å². The highest BCUT2D eigenvalue weighted by molar-refractivity contribution is 7.90. The number of methoxy groups -OCH3 is 1. The minimum absolute atomic E-state index is 0.0274. The summed E-state index contributed by atoms with van der Waals surface area (Å²) in [6.45, 7) is 1.95. The molecule has 1 aliphatic heterocycles. The number of amides is 2. The molecule has 12 heteroatoms. The topological polar surface area (TPSA) is 137 Å². The summed E-state index contributed by atoms with van der Waals surface area (Å²) in [5.41, 5.74) is 3.35. The molecule has 4 aromatic rings. The number of carbonyl (C=O) groups is 3. The van der Waals surface area contributed by atoms with Gasteiger partial charge in [-0.1, -0.05) is 37.5 Å². The number of nitrogens with zero attached hydrogens (tertiary/aromatic N) is 2. The molecule has 0 radical (unpaired) electrons. The number of furan rings is 1. The number of ether oxygens (including phenoxy) is 2. The van der Waals surface area contributed by atoms with E-state index in [1.165, 1.54) is 30.7 Å². The first-order chi connectivity index (χ1) is 21.8. The van der Waals surface area contributed by atoms with Crippen LogP contribution in [0.15, 0.2) is 70.4 Å². The van der Waals surface area contributed by atoms with E-state index in [4.69, 9.17) is 13.9 Å². The first-order valence-electron chi connectivity index (χ1n) is 15.1. The van der Waals surface area contributed by atoms with Gasteiger partial charge in [0.25, 0.3) is 15.9 Å². The van der Waals surface area contributed by atoms with Crippen LogP contribution in [0.2, 0.25) is 0 Å². The summed E-state index contributed by atoms with van der Waals surface area (Å²) < 4.78 is 46.3. The maximum absolute atomic E-state index is 13.6. The first-order valence-corrected chi connectivity index (χ1v) is 16.6. The molecule has 1 saturated heterocycles. The molecule has 11 nitrogen and oxygen atoms in total. The molecule has 6 rings (SSSR count). The van der Waals surface area contributed by atoms with Gasteiger partial charge in [-0.25, -0.2) is 17.9 Å². The van der Waals surface area contributed by atoms with E-state index in [0.717, 1.165) is 55.0 Å². The van der Waals surface area contributed by atoms with Crippen LogP contribution in [-0.2, 0) is 30.8 Å². The molecule has 1 aliphatic carbocycles. The lowest BCUT2D eigenvalue weighted by molar-refractivity contribution is -0.135. The average Bonchev–Trinajstić information content (AvgIpc) is 3.71. The summed E-state index contributed by atoms with van der Waals surface area (Å²) in [7, 11) is -3.29. The van der Waals surface area contributed by atoms with Gasteiger partial charge in [0.05, 0.1) is 49.6 Å². The molecular weight excluding hydrogens is 598 g/mol. The van der Waals surface area contributed by atoms with Gasteiger partial charge in [-0.15, -0.1) is 0 Å². The quantitative estimate of drug-likeness (QED) is 0.276. The molecule has 3 heterocycles. The fourth-order valence-corrected chi connectivity index (χ4v) is 7.63. The molecule has 236 valence electrons. The third-order valence-corrected chi connectivity index (χ3v) is 10.0. The molecule has 2 amide bonds. The lowest BCUT2D eigenvalue weighted by Gasteiger charge is -2.27. The molecule has 0 spiro atoms. The van der Waals surface area contributed by atoms with Crippen LogP contribution >= 0.6 is 0 Å². The first kappa shape index (κ1) is 30.6. The highest BCUT2D eigenvalue weighted by atomic mass is 32.2. The maximum atomic E-state index is 13.6. The molecular formula is C33H35N3O8S. The van der Waals surface area contributed by atoms with Gasteiger partial charge in [0.15, 0.2) is 0 Å². The number of esters is 1. The van der Waals surface area contributed by atoms with Gasteiger partial charge in [0, 0.05) is 29.6 Å². The zero-order valence-electron chi connectivity index (χ0n) is 25.0. The SMILES string of the molecule is COC(=O)c1ccccc1S(=O)(=O)NC(=O)c1ccc2c(C3CCCCC3)c(-c3ccoc3)n(CC(=O)N3CCOCC3)c2c1. The number of benzene rings is 2. The highest BCUT2D eigenvalue weighted by Crippen LogP contribution is 2.44. The van der Waals surface area contributed by atoms with Crippen molar-refractivity contribution in [3.8, 4) is 11.3 Å². The van der Waals surface area contributed by atoms with Crippen molar-refractivity contribution in [2.75, 3.05) is 33.4 Å². The van der Waals surface area contributed by atoms with Gasteiger partial charge >= 0.3 is 5.97 Å². The van der Waals surface area contributed by atoms with Crippen molar-refractivity contribution in [1.82, 2.24) is 14.2 Å². The second kappa shape index (κ2) is 12.9. The largest absolute Gasteiger partial charge is 0.472 e. The van der Waals surface area contributed by atoms with Crippen LogP contribution in [-0.4, -0.2) is 69.1 Å². The van der Waals surface area contributed by atoms with E-state index in [9.17, 15) is 22.8 Å². The van der Waals surface area contributed by atoms with Crippen LogP contribution in [0.5, 0.6) is 0 Å². The number of morpholine rings is 1. The Kier molecular flexibility index (Phi) is 8.77. The third kappa shape index (κ3) is 6.12. The molecule has 1 N–H and O–H groups in total. The Morgan fingerprint density at radius 2 is 1.76 bits per heavy atom. The molecule has 2 aromatic heterocycles. The number of hydrogen-bond donors (Lipinski definition) is 1. The number of aromatic nitrogens is 1. The Labute approximate surface area is 261 Å². The molecule has 2 fully saturated rings. The summed E-state index contributed by atoms with van der Waals surface area (Å²) in [5.74, 6) is -1.53. The number of fused-ring (bicyclic) bond motifs is 1. The lowest BCUT2D eigenvalue weighted by atomic mass is 9.82. The smallest absolute Gasteiger partial charge is 0.339 e. The predicted molar refractivity (Wildman–Crippen MR) is 165 cm³/mol. The average molecular weight is 634 g/mol. The van der Waals surface area contributed by atoms with E-state index in [2.05, 4.69) is 4.72 Å². The molecule has 45 heavy (non-hydrogen) atoms. The Balaban J connectivity index is 1.44. The Bertz CT molecular complexity index is 1830. The number of hydrogen-bond acceptors (Lipinski definition) is 8.